The number of nitrogens with zero attached hydrogens (tertiary/aromatic N) is 2. The molecule has 19 heavy (non-hydrogen) atoms. The van der Waals surface area contributed by atoms with Crippen LogP contribution in [0.25, 0.3) is 11.0 Å². The summed E-state index contributed by atoms with van der Waals surface area (Å²) < 4.78 is 5.07. The van der Waals surface area contributed by atoms with Crippen molar-refractivity contribution in [1.29, 1.82) is 0 Å². The molecule has 3 aromatic rings. The number of aromatic nitrogens is 2. The highest BCUT2D eigenvalue weighted by Gasteiger charge is 2.15. The fourth-order valence-corrected chi connectivity index (χ4v) is 1.81. The van der Waals surface area contributed by atoms with Crippen LogP contribution >= 0.6 is 0 Å². The fourth-order valence-electron chi connectivity index (χ4n) is 1.81. The van der Waals surface area contributed by atoms with Gasteiger partial charge in [0.15, 0.2) is 11.3 Å². The van der Waals surface area contributed by atoms with Crippen LogP contribution < -0.4 is 5.32 Å². The Labute approximate surface area is 109 Å². The molecule has 1 aromatic carbocycles. The molecule has 0 aliphatic heterocycles. The van der Waals surface area contributed by atoms with Crippen LogP contribution in [0, 0.1) is 0 Å². The minimum absolute atomic E-state index is 0.263. The van der Waals surface area contributed by atoms with Crippen molar-refractivity contribution in [2.45, 2.75) is 6.54 Å². The van der Waals surface area contributed by atoms with E-state index in [-0.39, 0.29) is 11.6 Å². The number of pyridine rings is 1. The van der Waals surface area contributed by atoms with Crippen molar-refractivity contribution in [3.8, 4) is 0 Å². The van der Waals surface area contributed by atoms with Crippen LogP contribution in [-0.4, -0.2) is 16.0 Å². The molecule has 1 amide bonds. The predicted octanol–water partition coefficient (Wildman–Crippen LogP) is 2.15. The van der Waals surface area contributed by atoms with Gasteiger partial charge in [-0.1, -0.05) is 35.5 Å². The Morgan fingerprint density at radius 2 is 2.05 bits per heavy atom. The summed E-state index contributed by atoms with van der Waals surface area (Å²) in [6.45, 7) is 0.453. The molecule has 0 fully saturated rings. The van der Waals surface area contributed by atoms with Crippen LogP contribution in [0.5, 0.6) is 0 Å². The molecule has 0 unspecified atom stereocenters. The molecule has 0 saturated heterocycles. The van der Waals surface area contributed by atoms with Gasteiger partial charge in [-0.3, -0.25) is 9.78 Å². The molecule has 3 rings (SSSR count). The summed E-state index contributed by atoms with van der Waals surface area (Å²) in [5.74, 6) is -0.268. The monoisotopic (exact) mass is 253 g/mol. The summed E-state index contributed by atoms with van der Waals surface area (Å²) in [4.78, 5) is 16.0. The van der Waals surface area contributed by atoms with Gasteiger partial charge in [-0.2, -0.15) is 0 Å². The number of fused-ring (bicyclic) bond motifs is 1. The first-order valence-electron chi connectivity index (χ1n) is 5.86. The standard InChI is InChI=1S/C14H11N3O2/c18-14(16-8-10-4-2-1-3-5-10)13-11-9-15-7-6-12(11)19-17-13/h1-7,9H,8H2,(H,16,18). The van der Waals surface area contributed by atoms with Crippen molar-refractivity contribution in [1.82, 2.24) is 15.5 Å². The van der Waals surface area contributed by atoms with E-state index in [4.69, 9.17) is 4.52 Å². The number of carbonyl (C=O) groups excluding carboxylic acids is 1. The minimum Gasteiger partial charge on any atom is -0.355 e. The Hall–Kier alpha value is -2.69. The molecule has 2 aromatic heterocycles. The molecule has 0 aliphatic rings. The third-order valence-corrected chi connectivity index (χ3v) is 2.78. The zero-order valence-corrected chi connectivity index (χ0v) is 10.0. The van der Waals surface area contributed by atoms with Gasteiger partial charge in [-0.05, 0) is 5.56 Å². The van der Waals surface area contributed by atoms with E-state index in [9.17, 15) is 4.79 Å². The molecule has 2 heterocycles. The largest absolute Gasteiger partial charge is 0.355 e. The summed E-state index contributed by atoms with van der Waals surface area (Å²) in [6, 6.07) is 11.4. The molecular weight excluding hydrogens is 242 g/mol. The summed E-state index contributed by atoms with van der Waals surface area (Å²) in [5, 5.41) is 7.20. The van der Waals surface area contributed by atoms with Crippen molar-refractivity contribution in [2.24, 2.45) is 0 Å². The first kappa shape index (κ1) is 11.4. The molecule has 0 bridgehead atoms. The highest BCUT2D eigenvalue weighted by atomic mass is 16.5. The Bertz CT molecular complexity index is 707. The van der Waals surface area contributed by atoms with Gasteiger partial charge in [0.05, 0.1) is 5.39 Å². The second kappa shape index (κ2) is 4.89. The first-order chi connectivity index (χ1) is 9.34. The molecule has 1 N–H and O–H groups in total. The number of hydrogen-bond acceptors (Lipinski definition) is 4. The van der Waals surface area contributed by atoms with Gasteiger partial charge in [-0.15, -0.1) is 0 Å². The predicted molar refractivity (Wildman–Crippen MR) is 69.4 cm³/mol. The lowest BCUT2D eigenvalue weighted by molar-refractivity contribution is 0.0943. The molecule has 0 spiro atoms. The molecule has 0 saturated carbocycles. The summed E-state index contributed by atoms with van der Waals surface area (Å²) in [7, 11) is 0. The number of carbonyl (C=O) groups is 1. The number of benzene rings is 1. The van der Waals surface area contributed by atoms with Gasteiger partial charge in [0.25, 0.3) is 5.91 Å². The number of amides is 1. The van der Waals surface area contributed by atoms with E-state index >= 15 is 0 Å². The number of hydrogen-bond donors (Lipinski definition) is 1. The van der Waals surface area contributed by atoms with E-state index in [0.717, 1.165) is 5.56 Å². The van der Waals surface area contributed by atoms with Gasteiger partial charge in [0.2, 0.25) is 0 Å². The van der Waals surface area contributed by atoms with Crippen LogP contribution in [0.3, 0.4) is 0 Å². The van der Waals surface area contributed by atoms with Crippen molar-refractivity contribution in [2.75, 3.05) is 0 Å². The van der Waals surface area contributed by atoms with E-state index < -0.39 is 0 Å². The highest BCUT2D eigenvalue weighted by Crippen LogP contribution is 2.16. The Morgan fingerprint density at radius 3 is 2.89 bits per heavy atom. The molecule has 5 heteroatoms. The topological polar surface area (TPSA) is 68.0 Å². The lowest BCUT2D eigenvalue weighted by Crippen LogP contribution is -2.23. The Balaban J connectivity index is 1.77. The maximum Gasteiger partial charge on any atom is 0.274 e. The highest BCUT2D eigenvalue weighted by molar-refractivity contribution is 6.03. The Morgan fingerprint density at radius 1 is 1.21 bits per heavy atom. The van der Waals surface area contributed by atoms with Gasteiger partial charge >= 0.3 is 0 Å². The SMILES string of the molecule is O=C(NCc1ccccc1)c1noc2ccncc12. The second-order valence-electron chi connectivity index (χ2n) is 4.07. The second-order valence-corrected chi connectivity index (χ2v) is 4.07. The van der Waals surface area contributed by atoms with E-state index in [1.165, 1.54) is 0 Å². The van der Waals surface area contributed by atoms with Crippen molar-refractivity contribution in [3.63, 3.8) is 0 Å². The normalized spacial score (nSPS) is 10.5. The number of nitrogens with one attached hydrogen (secondary N) is 1. The zero-order valence-electron chi connectivity index (χ0n) is 10.0. The van der Waals surface area contributed by atoms with Crippen molar-refractivity contribution >= 4 is 16.9 Å². The van der Waals surface area contributed by atoms with Crippen molar-refractivity contribution < 1.29 is 9.32 Å². The summed E-state index contributed by atoms with van der Waals surface area (Å²) >= 11 is 0. The average Bonchev–Trinajstić information content (AvgIpc) is 2.90. The molecule has 5 nitrogen and oxygen atoms in total. The molecule has 0 aliphatic carbocycles. The average molecular weight is 253 g/mol. The van der Waals surface area contributed by atoms with Gasteiger partial charge < -0.3 is 9.84 Å². The third kappa shape index (κ3) is 2.30. The van der Waals surface area contributed by atoms with E-state index in [1.54, 1.807) is 18.5 Å². The van der Waals surface area contributed by atoms with Gasteiger partial charge in [-0.25, -0.2) is 0 Å². The quantitative estimate of drug-likeness (QED) is 0.776. The van der Waals surface area contributed by atoms with Crippen LogP contribution in [0.1, 0.15) is 16.1 Å². The number of rotatable bonds is 3. The lowest BCUT2D eigenvalue weighted by atomic mass is 10.2. The molecule has 94 valence electrons. The first-order valence-corrected chi connectivity index (χ1v) is 5.86. The van der Waals surface area contributed by atoms with Gasteiger partial charge in [0.1, 0.15) is 0 Å². The molecule has 0 atom stereocenters. The fraction of sp³-hybridized carbons (Fsp3) is 0.0714. The Kier molecular flexibility index (Phi) is 2.94. The van der Waals surface area contributed by atoms with Gasteiger partial charge in [0, 0.05) is 25.0 Å². The third-order valence-electron chi connectivity index (χ3n) is 2.78. The van der Waals surface area contributed by atoms with E-state index in [1.807, 2.05) is 30.3 Å². The smallest absolute Gasteiger partial charge is 0.274 e. The summed E-state index contributed by atoms with van der Waals surface area (Å²) in [5.41, 5.74) is 1.85. The van der Waals surface area contributed by atoms with Crippen LogP contribution in [-0.2, 0) is 6.54 Å². The lowest BCUT2D eigenvalue weighted by Gasteiger charge is -2.02. The van der Waals surface area contributed by atoms with E-state index in [0.29, 0.717) is 17.5 Å². The van der Waals surface area contributed by atoms with Crippen molar-refractivity contribution in [3.05, 3.63) is 60.0 Å². The van der Waals surface area contributed by atoms with E-state index in [2.05, 4.69) is 15.5 Å². The van der Waals surface area contributed by atoms with Crippen LogP contribution in [0.4, 0.5) is 0 Å². The van der Waals surface area contributed by atoms with Crippen LogP contribution in [0.2, 0.25) is 0 Å². The molecule has 0 radical (unpaired) electrons. The minimum atomic E-state index is -0.268. The summed E-state index contributed by atoms with van der Waals surface area (Å²) in [6.07, 6.45) is 3.17. The maximum absolute atomic E-state index is 12.0. The molecular formula is C14H11N3O2. The maximum atomic E-state index is 12.0. The van der Waals surface area contributed by atoms with Crippen LogP contribution in [0.15, 0.2) is 53.3 Å². The zero-order chi connectivity index (χ0) is 13.1.